The van der Waals surface area contributed by atoms with Gasteiger partial charge in [0.15, 0.2) is 0 Å². The summed E-state index contributed by atoms with van der Waals surface area (Å²) in [6, 6.07) is 4.17. The van der Waals surface area contributed by atoms with Crippen molar-refractivity contribution in [1.82, 2.24) is 4.98 Å². The number of rotatable bonds is 2. The van der Waals surface area contributed by atoms with E-state index in [0.717, 1.165) is 11.6 Å². The van der Waals surface area contributed by atoms with Crippen LogP contribution in [0.4, 0.5) is 0 Å². The van der Waals surface area contributed by atoms with Gasteiger partial charge in [0.2, 0.25) is 0 Å². The lowest BCUT2D eigenvalue weighted by atomic mass is 9.77. The van der Waals surface area contributed by atoms with E-state index < -0.39 is 0 Å². The fourth-order valence-electron chi connectivity index (χ4n) is 2.65. The average Bonchev–Trinajstić information content (AvgIpc) is 2.30. The molecule has 0 aromatic carbocycles. The number of nitrogens with zero attached hydrogens (tertiary/aromatic N) is 1. The van der Waals surface area contributed by atoms with Crippen molar-refractivity contribution in [2.45, 2.75) is 39.5 Å². The Morgan fingerprint density at radius 2 is 2.00 bits per heavy atom. The average molecular weight is 215 g/mol. The van der Waals surface area contributed by atoms with E-state index in [1.165, 1.54) is 36.8 Å². The Morgan fingerprint density at radius 1 is 1.31 bits per heavy atom. The summed E-state index contributed by atoms with van der Waals surface area (Å²) >= 11 is 0. The van der Waals surface area contributed by atoms with Gasteiger partial charge in [-0.1, -0.05) is 32.4 Å². The maximum absolute atomic E-state index is 4.35. The number of hydrogen-bond donors (Lipinski definition) is 0. The SMILES string of the molecule is C=C(c1cccnc1C)C1CCC(C)CC1. The highest BCUT2D eigenvalue weighted by Crippen LogP contribution is 2.36. The first-order chi connectivity index (χ1) is 7.68. The molecule has 0 amide bonds. The monoisotopic (exact) mass is 215 g/mol. The first kappa shape index (κ1) is 11.4. The van der Waals surface area contributed by atoms with Crippen molar-refractivity contribution in [3.8, 4) is 0 Å². The second kappa shape index (κ2) is 4.82. The van der Waals surface area contributed by atoms with Crippen LogP contribution in [-0.2, 0) is 0 Å². The van der Waals surface area contributed by atoms with Crippen LogP contribution in [0, 0.1) is 18.8 Å². The van der Waals surface area contributed by atoms with E-state index in [4.69, 9.17) is 0 Å². The smallest absolute Gasteiger partial charge is 0.0447 e. The van der Waals surface area contributed by atoms with Gasteiger partial charge in [-0.05, 0) is 48.8 Å². The zero-order chi connectivity index (χ0) is 11.5. The minimum Gasteiger partial charge on any atom is -0.261 e. The Morgan fingerprint density at radius 3 is 2.62 bits per heavy atom. The molecule has 1 aromatic heterocycles. The summed E-state index contributed by atoms with van der Waals surface area (Å²) in [7, 11) is 0. The molecule has 1 aromatic rings. The van der Waals surface area contributed by atoms with E-state index in [1.807, 2.05) is 12.3 Å². The number of hydrogen-bond acceptors (Lipinski definition) is 1. The van der Waals surface area contributed by atoms with Crippen LogP contribution in [-0.4, -0.2) is 4.98 Å². The zero-order valence-electron chi connectivity index (χ0n) is 10.4. The van der Waals surface area contributed by atoms with Crippen molar-refractivity contribution < 1.29 is 0 Å². The fraction of sp³-hybridized carbons (Fsp3) is 0.533. The first-order valence-electron chi connectivity index (χ1n) is 6.29. The second-order valence-electron chi connectivity index (χ2n) is 5.12. The molecule has 1 heteroatoms. The van der Waals surface area contributed by atoms with E-state index in [0.29, 0.717) is 5.92 Å². The van der Waals surface area contributed by atoms with Gasteiger partial charge in [0.25, 0.3) is 0 Å². The first-order valence-corrected chi connectivity index (χ1v) is 6.29. The van der Waals surface area contributed by atoms with Crippen molar-refractivity contribution in [3.63, 3.8) is 0 Å². The highest BCUT2D eigenvalue weighted by atomic mass is 14.7. The molecule has 0 atom stereocenters. The number of aromatic nitrogens is 1. The molecular formula is C15H21N. The molecule has 0 radical (unpaired) electrons. The summed E-state index contributed by atoms with van der Waals surface area (Å²) < 4.78 is 0. The molecule has 1 heterocycles. The third kappa shape index (κ3) is 2.34. The minimum atomic E-state index is 0.680. The molecular weight excluding hydrogens is 194 g/mol. The molecule has 2 rings (SSSR count). The lowest BCUT2D eigenvalue weighted by Gasteiger charge is -2.28. The largest absolute Gasteiger partial charge is 0.261 e. The van der Waals surface area contributed by atoms with E-state index in [1.54, 1.807) is 0 Å². The molecule has 1 saturated carbocycles. The summed E-state index contributed by atoms with van der Waals surface area (Å²) in [5.74, 6) is 1.58. The predicted octanol–water partition coefficient (Wildman–Crippen LogP) is 4.23. The molecule has 1 nitrogen and oxygen atoms in total. The van der Waals surface area contributed by atoms with Gasteiger partial charge in [-0.15, -0.1) is 0 Å². The molecule has 0 saturated heterocycles. The Hall–Kier alpha value is -1.11. The molecule has 1 fully saturated rings. The number of allylic oxidation sites excluding steroid dienone is 1. The Bertz CT molecular complexity index is 373. The Labute approximate surface area is 98.6 Å². The summed E-state index contributed by atoms with van der Waals surface area (Å²) in [4.78, 5) is 4.35. The normalized spacial score (nSPS) is 25.4. The van der Waals surface area contributed by atoms with Crippen LogP contribution in [0.2, 0.25) is 0 Å². The fourth-order valence-corrected chi connectivity index (χ4v) is 2.65. The molecule has 0 spiro atoms. The third-order valence-electron chi connectivity index (χ3n) is 3.86. The van der Waals surface area contributed by atoms with Gasteiger partial charge >= 0.3 is 0 Å². The van der Waals surface area contributed by atoms with Gasteiger partial charge in [-0.25, -0.2) is 0 Å². The van der Waals surface area contributed by atoms with Crippen LogP contribution in [0.15, 0.2) is 24.9 Å². The van der Waals surface area contributed by atoms with Gasteiger partial charge in [-0.3, -0.25) is 4.98 Å². The molecule has 16 heavy (non-hydrogen) atoms. The van der Waals surface area contributed by atoms with Gasteiger partial charge < -0.3 is 0 Å². The maximum Gasteiger partial charge on any atom is 0.0447 e. The lowest BCUT2D eigenvalue weighted by Crippen LogP contribution is -2.13. The molecule has 0 bridgehead atoms. The predicted molar refractivity (Wildman–Crippen MR) is 69.1 cm³/mol. The van der Waals surface area contributed by atoms with Crippen molar-refractivity contribution in [2.75, 3.05) is 0 Å². The summed E-state index contributed by atoms with van der Waals surface area (Å²) in [5, 5.41) is 0. The highest BCUT2D eigenvalue weighted by Gasteiger charge is 2.21. The molecule has 86 valence electrons. The molecule has 0 N–H and O–H groups in total. The van der Waals surface area contributed by atoms with Crippen LogP contribution in [0.3, 0.4) is 0 Å². The molecule has 1 aliphatic carbocycles. The van der Waals surface area contributed by atoms with Crippen molar-refractivity contribution in [1.29, 1.82) is 0 Å². The summed E-state index contributed by atoms with van der Waals surface area (Å²) in [6.07, 6.45) is 7.16. The quantitative estimate of drug-likeness (QED) is 0.719. The third-order valence-corrected chi connectivity index (χ3v) is 3.86. The zero-order valence-corrected chi connectivity index (χ0v) is 10.4. The second-order valence-corrected chi connectivity index (χ2v) is 5.12. The molecule has 1 aliphatic rings. The lowest BCUT2D eigenvalue weighted by molar-refractivity contribution is 0.337. The van der Waals surface area contributed by atoms with E-state index in [2.05, 4.69) is 31.5 Å². The van der Waals surface area contributed by atoms with E-state index >= 15 is 0 Å². The van der Waals surface area contributed by atoms with E-state index in [9.17, 15) is 0 Å². The van der Waals surface area contributed by atoms with Gasteiger partial charge in [0.05, 0.1) is 0 Å². The van der Waals surface area contributed by atoms with Crippen LogP contribution in [0.5, 0.6) is 0 Å². The highest BCUT2D eigenvalue weighted by molar-refractivity contribution is 5.66. The summed E-state index contributed by atoms with van der Waals surface area (Å²) in [6.45, 7) is 8.73. The Balaban J connectivity index is 2.11. The van der Waals surface area contributed by atoms with E-state index in [-0.39, 0.29) is 0 Å². The topological polar surface area (TPSA) is 12.9 Å². The number of pyridine rings is 1. The van der Waals surface area contributed by atoms with Crippen LogP contribution in [0.1, 0.15) is 43.9 Å². The maximum atomic E-state index is 4.35. The summed E-state index contributed by atoms with van der Waals surface area (Å²) in [5.41, 5.74) is 3.69. The van der Waals surface area contributed by atoms with Crippen molar-refractivity contribution in [3.05, 3.63) is 36.2 Å². The number of aryl methyl sites for hydroxylation is 1. The van der Waals surface area contributed by atoms with Crippen LogP contribution >= 0.6 is 0 Å². The molecule has 0 unspecified atom stereocenters. The van der Waals surface area contributed by atoms with Crippen molar-refractivity contribution in [2.24, 2.45) is 11.8 Å². The minimum absolute atomic E-state index is 0.680. The Kier molecular flexibility index (Phi) is 3.42. The van der Waals surface area contributed by atoms with Crippen LogP contribution in [0.25, 0.3) is 5.57 Å². The standard InChI is InChI=1S/C15H21N/c1-11-6-8-14(9-7-11)12(2)15-5-4-10-16-13(15)3/h4-5,10-11,14H,2,6-9H2,1,3H3. The van der Waals surface area contributed by atoms with Crippen LogP contribution < -0.4 is 0 Å². The van der Waals surface area contributed by atoms with Gasteiger partial charge in [0.1, 0.15) is 0 Å². The molecule has 0 aliphatic heterocycles. The van der Waals surface area contributed by atoms with Gasteiger partial charge in [0, 0.05) is 11.9 Å². The van der Waals surface area contributed by atoms with Crippen molar-refractivity contribution >= 4 is 5.57 Å². The van der Waals surface area contributed by atoms with Gasteiger partial charge in [-0.2, -0.15) is 0 Å².